The van der Waals surface area contributed by atoms with E-state index >= 15 is 0 Å². The summed E-state index contributed by atoms with van der Waals surface area (Å²) in [7, 11) is 0. The van der Waals surface area contributed by atoms with Crippen LogP contribution in [0.3, 0.4) is 0 Å². The summed E-state index contributed by atoms with van der Waals surface area (Å²) in [5, 5.41) is 6.59. The molecular weight excluding hydrogens is 619 g/mol. The van der Waals surface area contributed by atoms with Gasteiger partial charge in [-0.2, -0.15) is 15.0 Å². The SMILES string of the molecule is Cl.N[C@@H]1C[C@H](N)CN(c2nc(Nc3ccc(NC(=O)c4c[nH]c5ccccc5c4=O)c(Cl)c3)nc(N3C[C@H](N)C[C@H](N)C3)n2)C1. The normalized spacial score (nSPS) is 21.7. The molecule has 2 aliphatic heterocycles. The number of nitrogens with zero attached hydrogens (tertiary/aromatic N) is 5. The summed E-state index contributed by atoms with van der Waals surface area (Å²) in [4.78, 5) is 46.9. The molecule has 0 bridgehead atoms. The number of halogens is 2. The van der Waals surface area contributed by atoms with Crippen LogP contribution in [0.2, 0.25) is 5.02 Å². The van der Waals surface area contributed by atoms with E-state index in [0.29, 0.717) is 73.2 Å². The van der Waals surface area contributed by atoms with Crippen molar-refractivity contribution in [1.29, 1.82) is 0 Å². The van der Waals surface area contributed by atoms with Crippen molar-refractivity contribution in [2.75, 3.05) is 46.6 Å². The van der Waals surface area contributed by atoms with Crippen LogP contribution in [0.25, 0.3) is 10.9 Å². The van der Waals surface area contributed by atoms with Gasteiger partial charge in [0.25, 0.3) is 5.91 Å². The average molecular weight is 656 g/mol. The van der Waals surface area contributed by atoms with Gasteiger partial charge in [-0.15, -0.1) is 12.4 Å². The van der Waals surface area contributed by atoms with Crippen LogP contribution >= 0.6 is 24.0 Å². The Morgan fingerprint density at radius 1 is 0.867 bits per heavy atom. The van der Waals surface area contributed by atoms with Crippen molar-refractivity contribution < 1.29 is 4.79 Å². The Morgan fingerprint density at radius 2 is 1.44 bits per heavy atom. The minimum Gasteiger partial charge on any atom is -0.360 e. The fraction of sp³-hybridized carbons (Fsp3) is 0.345. The van der Waals surface area contributed by atoms with Crippen molar-refractivity contribution >= 4 is 70.0 Å². The van der Waals surface area contributed by atoms with Crippen LogP contribution in [0.1, 0.15) is 23.2 Å². The lowest BCUT2D eigenvalue weighted by Crippen LogP contribution is -2.54. The number of anilines is 5. The molecule has 1 amide bonds. The Balaban J connectivity index is 0.00000400. The third-order valence-electron chi connectivity index (χ3n) is 7.71. The second kappa shape index (κ2) is 13.5. The zero-order valence-corrected chi connectivity index (χ0v) is 25.9. The van der Waals surface area contributed by atoms with Crippen LogP contribution in [0, 0.1) is 0 Å². The molecule has 0 aliphatic carbocycles. The molecule has 0 saturated carbocycles. The number of fused-ring (bicyclic) bond motifs is 1. The minimum absolute atomic E-state index is 0. The zero-order valence-electron chi connectivity index (χ0n) is 24.3. The summed E-state index contributed by atoms with van der Waals surface area (Å²) in [6.45, 7) is 2.21. The van der Waals surface area contributed by atoms with Gasteiger partial charge in [-0.3, -0.25) is 9.59 Å². The van der Waals surface area contributed by atoms with Gasteiger partial charge >= 0.3 is 0 Å². The lowest BCUT2D eigenvalue weighted by atomic mass is 10.0. The number of piperidine rings is 2. The maximum Gasteiger partial charge on any atom is 0.261 e. The molecule has 2 saturated heterocycles. The third-order valence-corrected chi connectivity index (χ3v) is 8.03. The number of carbonyl (C=O) groups excluding carboxylic acids is 1. The highest BCUT2D eigenvalue weighted by atomic mass is 35.5. The average Bonchev–Trinajstić information content (AvgIpc) is 2.98. The summed E-state index contributed by atoms with van der Waals surface area (Å²) in [6.07, 6.45) is 2.82. The molecule has 2 aromatic heterocycles. The number of rotatable bonds is 6. The number of nitrogens with two attached hydrogens (primary N) is 4. The van der Waals surface area contributed by atoms with Crippen molar-refractivity contribution in [2.45, 2.75) is 37.0 Å². The molecule has 6 rings (SSSR count). The maximum atomic E-state index is 13.0. The van der Waals surface area contributed by atoms with Crippen molar-refractivity contribution in [1.82, 2.24) is 19.9 Å². The van der Waals surface area contributed by atoms with E-state index in [0.717, 1.165) is 0 Å². The van der Waals surface area contributed by atoms with Gasteiger partial charge in [-0.25, -0.2) is 0 Å². The smallest absolute Gasteiger partial charge is 0.261 e. The fourth-order valence-corrected chi connectivity index (χ4v) is 5.95. The lowest BCUT2D eigenvalue weighted by molar-refractivity contribution is 0.102. The fourth-order valence-electron chi connectivity index (χ4n) is 5.73. The van der Waals surface area contributed by atoms with E-state index in [-0.39, 0.29) is 58.5 Å². The van der Waals surface area contributed by atoms with E-state index in [1.54, 1.807) is 36.4 Å². The van der Waals surface area contributed by atoms with Crippen LogP contribution in [0.4, 0.5) is 29.2 Å². The summed E-state index contributed by atoms with van der Waals surface area (Å²) in [5.41, 5.74) is 26.1. The molecule has 4 aromatic rings. The molecule has 14 nitrogen and oxygen atoms in total. The van der Waals surface area contributed by atoms with Gasteiger partial charge in [0, 0.05) is 73.1 Å². The van der Waals surface area contributed by atoms with Gasteiger partial charge in [-0.1, -0.05) is 23.7 Å². The summed E-state index contributed by atoms with van der Waals surface area (Å²) < 4.78 is 0. The quantitative estimate of drug-likeness (QED) is 0.157. The Hall–Kier alpha value is -4.05. The first-order valence-electron chi connectivity index (χ1n) is 14.4. The van der Waals surface area contributed by atoms with Crippen molar-refractivity contribution in [3.63, 3.8) is 0 Å². The number of amides is 1. The molecule has 0 spiro atoms. The Kier molecular flexibility index (Phi) is 9.72. The van der Waals surface area contributed by atoms with Crippen molar-refractivity contribution in [2.24, 2.45) is 22.9 Å². The van der Waals surface area contributed by atoms with Gasteiger partial charge in [0.05, 0.1) is 10.7 Å². The van der Waals surface area contributed by atoms with Crippen LogP contribution < -0.4 is 48.8 Å². The Labute approximate surface area is 270 Å². The largest absolute Gasteiger partial charge is 0.360 e. The first kappa shape index (κ1) is 32.3. The van der Waals surface area contributed by atoms with Crippen molar-refractivity contribution in [3.05, 3.63) is 69.5 Å². The molecule has 4 heterocycles. The van der Waals surface area contributed by atoms with Gasteiger partial charge in [0.15, 0.2) is 0 Å². The molecule has 2 fully saturated rings. The topological polar surface area (TPSA) is 223 Å². The molecule has 0 radical (unpaired) electrons. The first-order chi connectivity index (χ1) is 21.1. The molecule has 0 unspecified atom stereocenters. The highest BCUT2D eigenvalue weighted by Crippen LogP contribution is 2.29. The number of para-hydroxylation sites is 1. The first-order valence-corrected chi connectivity index (χ1v) is 14.8. The number of aromatic amines is 1. The number of benzene rings is 2. The van der Waals surface area contributed by atoms with Gasteiger partial charge in [0.1, 0.15) is 5.56 Å². The molecule has 16 heteroatoms. The number of nitrogens with one attached hydrogen (secondary N) is 3. The summed E-state index contributed by atoms with van der Waals surface area (Å²) in [6, 6.07) is 11.5. The lowest BCUT2D eigenvalue weighted by Gasteiger charge is -2.37. The molecule has 2 aliphatic rings. The second-order valence-electron chi connectivity index (χ2n) is 11.4. The van der Waals surface area contributed by atoms with Crippen LogP contribution in [-0.4, -0.2) is 76.2 Å². The molecule has 45 heavy (non-hydrogen) atoms. The van der Waals surface area contributed by atoms with E-state index in [2.05, 4.69) is 25.6 Å². The Bertz CT molecular complexity index is 1690. The van der Waals surface area contributed by atoms with Gasteiger partial charge < -0.3 is 48.4 Å². The van der Waals surface area contributed by atoms with Crippen molar-refractivity contribution in [3.8, 4) is 0 Å². The number of pyridine rings is 1. The third kappa shape index (κ3) is 7.27. The van der Waals surface area contributed by atoms with E-state index in [1.807, 2.05) is 15.9 Å². The van der Waals surface area contributed by atoms with Crippen LogP contribution in [-0.2, 0) is 0 Å². The number of H-pyrrole nitrogens is 1. The molecule has 2 aromatic carbocycles. The second-order valence-corrected chi connectivity index (χ2v) is 11.8. The molecular formula is C29H36Cl2N12O2. The van der Waals surface area contributed by atoms with Crippen LogP contribution in [0.15, 0.2) is 53.5 Å². The minimum atomic E-state index is -0.581. The molecule has 4 atom stereocenters. The summed E-state index contributed by atoms with van der Waals surface area (Å²) in [5.74, 6) is 0.570. The van der Waals surface area contributed by atoms with Crippen LogP contribution in [0.5, 0.6) is 0 Å². The predicted octanol–water partition coefficient (Wildman–Crippen LogP) is 1.51. The molecule has 11 N–H and O–H groups in total. The molecule has 238 valence electrons. The predicted molar refractivity (Wildman–Crippen MR) is 180 cm³/mol. The van der Waals surface area contributed by atoms with Gasteiger partial charge in [0.2, 0.25) is 23.3 Å². The number of hydrogen-bond acceptors (Lipinski definition) is 12. The monoisotopic (exact) mass is 654 g/mol. The zero-order chi connectivity index (χ0) is 31.0. The Morgan fingerprint density at radius 3 is 2.02 bits per heavy atom. The number of aromatic nitrogens is 4. The van der Waals surface area contributed by atoms with Gasteiger partial charge in [-0.05, 0) is 43.2 Å². The highest BCUT2D eigenvalue weighted by Gasteiger charge is 2.29. The standard InChI is InChI=1S/C29H35ClN12O2.ClH/c30-22-9-19(5-6-24(22)37-26(44)21-10-35-23-4-2-1-3-20(23)25(21)43)36-27-38-28(41-11-15(31)7-16(32)12-41)40-29(39-27)42-13-17(33)8-18(34)14-42;/h1-6,9-10,15-18H,7-8,11-14,31-34H2,(H,35,43)(H,37,44)(H,36,38,39,40);1H/t15-,16+,17-,18+;. The highest BCUT2D eigenvalue weighted by molar-refractivity contribution is 6.34. The van der Waals surface area contributed by atoms with E-state index < -0.39 is 5.91 Å². The van der Waals surface area contributed by atoms with E-state index in [4.69, 9.17) is 39.5 Å². The maximum absolute atomic E-state index is 13.0. The summed E-state index contributed by atoms with van der Waals surface area (Å²) >= 11 is 6.57. The number of carbonyl (C=O) groups is 1. The number of hydrogen-bond donors (Lipinski definition) is 7. The van der Waals surface area contributed by atoms with E-state index in [9.17, 15) is 9.59 Å². The van der Waals surface area contributed by atoms with E-state index in [1.165, 1.54) is 6.20 Å².